The number of aromatic nitrogens is 2. The highest BCUT2D eigenvalue weighted by molar-refractivity contribution is 6.32. The van der Waals surface area contributed by atoms with Gasteiger partial charge in [-0.05, 0) is 13.5 Å². The van der Waals surface area contributed by atoms with Crippen LogP contribution < -0.4 is 15.0 Å². The standard InChI is InChI=1S/C11H19ClN4O/c1-4-6-16(7-5-13-2)10-9(12)8-14-11(15-10)17-3/h8,13H,4-7H2,1-3H3. The third-order valence-electron chi connectivity index (χ3n) is 2.31. The van der Waals surface area contributed by atoms with Crippen LogP contribution in [0.4, 0.5) is 5.82 Å². The monoisotopic (exact) mass is 258 g/mol. The maximum atomic E-state index is 6.12. The molecule has 0 fully saturated rings. The smallest absolute Gasteiger partial charge is 0.318 e. The molecule has 0 bridgehead atoms. The molecule has 0 aliphatic rings. The number of anilines is 1. The lowest BCUT2D eigenvalue weighted by Crippen LogP contribution is -2.32. The number of rotatable bonds is 7. The summed E-state index contributed by atoms with van der Waals surface area (Å²) in [7, 11) is 3.47. The van der Waals surface area contributed by atoms with Gasteiger partial charge in [0.25, 0.3) is 0 Å². The van der Waals surface area contributed by atoms with Gasteiger partial charge in [-0.25, -0.2) is 4.98 Å². The topological polar surface area (TPSA) is 50.3 Å². The molecule has 1 aromatic heterocycles. The lowest BCUT2D eigenvalue weighted by molar-refractivity contribution is 0.379. The van der Waals surface area contributed by atoms with Crippen molar-refractivity contribution in [3.05, 3.63) is 11.2 Å². The second kappa shape index (κ2) is 7.29. The molecule has 0 aliphatic heterocycles. The lowest BCUT2D eigenvalue weighted by Gasteiger charge is -2.23. The van der Waals surface area contributed by atoms with Gasteiger partial charge in [-0.3, -0.25) is 0 Å². The number of likely N-dealkylation sites (N-methyl/N-ethyl adjacent to an activating group) is 1. The summed E-state index contributed by atoms with van der Waals surface area (Å²) >= 11 is 6.12. The van der Waals surface area contributed by atoms with Crippen LogP contribution in [0.2, 0.25) is 5.02 Å². The van der Waals surface area contributed by atoms with Crippen LogP contribution in [-0.2, 0) is 0 Å². The van der Waals surface area contributed by atoms with Crippen molar-refractivity contribution in [2.75, 3.05) is 38.7 Å². The van der Waals surface area contributed by atoms with E-state index in [0.29, 0.717) is 11.0 Å². The summed E-state index contributed by atoms with van der Waals surface area (Å²) in [6.07, 6.45) is 2.61. The van der Waals surface area contributed by atoms with Crippen LogP contribution >= 0.6 is 11.6 Å². The minimum absolute atomic E-state index is 0.343. The molecule has 0 atom stereocenters. The minimum atomic E-state index is 0.343. The zero-order valence-corrected chi connectivity index (χ0v) is 11.3. The van der Waals surface area contributed by atoms with Crippen molar-refractivity contribution in [2.45, 2.75) is 13.3 Å². The normalized spacial score (nSPS) is 10.4. The first kappa shape index (κ1) is 14.0. The average Bonchev–Trinajstić information content (AvgIpc) is 2.35. The first-order chi connectivity index (χ1) is 8.22. The molecule has 0 spiro atoms. The number of nitrogens with zero attached hydrogens (tertiary/aromatic N) is 3. The van der Waals surface area contributed by atoms with E-state index in [2.05, 4.69) is 27.1 Å². The minimum Gasteiger partial charge on any atom is -0.467 e. The van der Waals surface area contributed by atoms with Gasteiger partial charge in [0.2, 0.25) is 0 Å². The van der Waals surface area contributed by atoms with E-state index in [1.807, 2.05) is 7.05 Å². The van der Waals surface area contributed by atoms with E-state index < -0.39 is 0 Å². The van der Waals surface area contributed by atoms with E-state index in [1.54, 1.807) is 13.3 Å². The zero-order chi connectivity index (χ0) is 12.7. The number of methoxy groups -OCH3 is 1. The summed E-state index contributed by atoms with van der Waals surface area (Å²) in [5, 5.41) is 3.67. The lowest BCUT2D eigenvalue weighted by atomic mass is 10.3. The van der Waals surface area contributed by atoms with E-state index in [9.17, 15) is 0 Å². The zero-order valence-electron chi connectivity index (χ0n) is 10.5. The van der Waals surface area contributed by atoms with Crippen LogP contribution in [-0.4, -0.2) is 43.8 Å². The van der Waals surface area contributed by atoms with Crippen molar-refractivity contribution in [1.82, 2.24) is 15.3 Å². The predicted molar refractivity (Wildman–Crippen MR) is 70.0 cm³/mol. The maximum Gasteiger partial charge on any atom is 0.318 e. The second-order valence-electron chi connectivity index (χ2n) is 3.62. The quantitative estimate of drug-likeness (QED) is 0.805. The Labute approximate surface area is 107 Å². The molecule has 0 aliphatic carbocycles. The molecule has 1 aromatic rings. The molecule has 1 N–H and O–H groups in total. The molecular formula is C11H19ClN4O. The summed E-state index contributed by atoms with van der Waals surface area (Å²) in [6.45, 7) is 4.76. The average molecular weight is 259 g/mol. The molecular weight excluding hydrogens is 240 g/mol. The Bertz CT molecular complexity index is 348. The van der Waals surface area contributed by atoms with E-state index >= 15 is 0 Å². The molecule has 5 nitrogen and oxygen atoms in total. The highest BCUT2D eigenvalue weighted by Crippen LogP contribution is 2.24. The number of ether oxygens (including phenoxy) is 1. The van der Waals surface area contributed by atoms with Crippen LogP contribution in [0.3, 0.4) is 0 Å². The van der Waals surface area contributed by atoms with Gasteiger partial charge < -0.3 is 15.0 Å². The SMILES string of the molecule is CCCN(CCNC)c1nc(OC)ncc1Cl. The fraction of sp³-hybridized carbons (Fsp3) is 0.636. The predicted octanol–water partition coefficient (Wildman–Crippen LogP) is 1.57. The fourth-order valence-electron chi connectivity index (χ4n) is 1.50. The van der Waals surface area contributed by atoms with E-state index in [0.717, 1.165) is 31.9 Å². The van der Waals surface area contributed by atoms with Gasteiger partial charge in [0.1, 0.15) is 5.02 Å². The van der Waals surface area contributed by atoms with Crippen molar-refractivity contribution in [3.8, 4) is 6.01 Å². The fourth-order valence-corrected chi connectivity index (χ4v) is 1.71. The van der Waals surface area contributed by atoms with E-state index in [4.69, 9.17) is 16.3 Å². The van der Waals surface area contributed by atoms with Crippen LogP contribution in [0.1, 0.15) is 13.3 Å². The third-order valence-corrected chi connectivity index (χ3v) is 2.58. The van der Waals surface area contributed by atoms with Crippen LogP contribution in [0.15, 0.2) is 6.20 Å². The number of hydrogen-bond acceptors (Lipinski definition) is 5. The Balaban J connectivity index is 2.90. The molecule has 0 amide bonds. The first-order valence-electron chi connectivity index (χ1n) is 5.69. The highest BCUT2D eigenvalue weighted by Gasteiger charge is 2.13. The molecule has 0 saturated heterocycles. The number of nitrogens with one attached hydrogen (secondary N) is 1. The van der Waals surface area contributed by atoms with Crippen molar-refractivity contribution >= 4 is 17.4 Å². The van der Waals surface area contributed by atoms with Crippen molar-refractivity contribution < 1.29 is 4.74 Å². The molecule has 17 heavy (non-hydrogen) atoms. The summed E-state index contributed by atoms with van der Waals surface area (Å²) in [6, 6.07) is 0.343. The summed E-state index contributed by atoms with van der Waals surface area (Å²) in [4.78, 5) is 10.4. The van der Waals surface area contributed by atoms with Gasteiger partial charge in [0.05, 0.1) is 13.3 Å². The maximum absolute atomic E-state index is 6.12. The number of halogens is 1. The van der Waals surface area contributed by atoms with E-state index in [1.165, 1.54) is 0 Å². The summed E-state index contributed by atoms with van der Waals surface area (Å²) in [5.74, 6) is 0.732. The van der Waals surface area contributed by atoms with Gasteiger partial charge in [-0.2, -0.15) is 4.98 Å². The molecule has 1 rings (SSSR count). The van der Waals surface area contributed by atoms with Gasteiger partial charge in [0.15, 0.2) is 5.82 Å². The van der Waals surface area contributed by atoms with Crippen molar-refractivity contribution in [2.24, 2.45) is 0 Å². The van der Waals surface area contributed by atoms with Gasteiger partial charge in [-0.1, -0.05) is 18.5 Å². The Hall–Kier alpha value is -1.07. The highest BCUT2D eigenvalue weighted by atomic mass is 35.5. The van der Waals surface area contributed by atoms with Gasteiger partial charge in [0, 0.05) is 19.6 Å². The molecule has 1 heterocycles. The molecule has 0 saturated carbocycles. The van der Waals surface area contributed by atoms with Crippen molar-refractivity contribution in [3.63, 3.8) is 0 Å². The summed E-state index contributed by atoms with van der Waals surface area (Å²) in [5.41, 5.74) is 0. The third kappa shape index (κ3) is 4.02. The van der Waals surface area contributed by atoms with E-state index in [-0.39, 0.29) is 0 Å². The van der Waals surface area contributed by atoms with Crippen LogP contribution in [0.25, 0.3) is 0 Å². The molecule has 0 unspecified atom stereocenters. The summed E-state index contributed by atoms with van der Waals surface area (Å²) < 4.78 is 5.02. The molecule has 0 aromatic carbocycles. The Morgan fingerprint density at radius 2 is 2.24 bits per heavy atom. The van der Waals surface area contributed by atoms with Crippen LogP contribution in [0.5, 0.6) is 6.01 Å². The Morgan fingerprint density at radius 1 is 1.47 bits per heavy atom. The first-order valence-corrected chi connectivity index (χ1v) is 6.06. The van der Waals surface area contributed by atoms with Crippen molar-refractivity contribution in [1.29, 1.82) is 0 Å². The largest absolute Gasteiger partial charge is 0.467 e. The molecule has 0 radical (unpaired) electrons. The second-order valence-corrected chi connectivity index (χ2v) is 4.03. The van der Waals surface area contributed by atoms with Gasteiger partial charge >= 0.3 is 6.01 Å². The molecule has 6 heteroatoms. The Kier molecular flexibility index (Phi) is 6.00. The number of hydrogen-bond donors (Lipinski definition) is 1. The van der Waals surface area contributed by atoms with Gasteiger partial charge in [-0.15, -0.1) is 0 Å². The van der Waals surface area contributed by atoms with Crippen LogP contribution in [0, 0.1) is 0 Å². The Morgan fingerprint density at radius 3 is 2.82 bits per heavy atom. The molecule has 96 valence electrons.